The van der Waals surface area contributed by atoms with Crippen LogP contribution in [0.5, 0.6) is 0 Å². The first-order valence-electron chi connectivity index (χ1n) is 6.21. The second-order valence-electron chi connectivity index (χ2n) is 4.60. The van der Waals surface area contributed by atoms with Crippen molar-refractivity contribution in [1.29, 1.82) is 0 Å². The molecular formula is C14H15N5. The molecule has 1 atom stereocenters. The number of hydrogen-bond donors (Lipinski definition) is 2. The average molecular weight is 253 g/mol. The van der Waals surface area contributed by atoms with Crippen molar-refractivity contribution in [3.05, 3.63) is 48.2 Å². The van der Waals surface area contributed by atoms with Crippen molar-refractivity contribution in [3.8, 4) is 0 Å². The summed E-state index contributed by atoms with van der Waals surface area (Å²) < 4.78 is 0. The molecule has 0 unspecified atom stereocenters. The Kier molecular flexibility index (Phi) is 2.87. The highest BCUT2D eigenvalue weighted by Gasteiger charge is 2.11. The summed E-state index contributed by atoms with van der Waals surface area (Å²) in [6.07, 6.45) is 3.24. The Balaban J connectivity index is 1.87. The van der Waals surface area contributed by atoms with E-state index in [1.807, 2.05) is 19.1 Å². The van der Waals surface area contributed by atoms with Crippen molar-refractivity contribution in [2.24, 2.45) is 0 Å². The summed E-state index contributed by atoms with van der Waals surface area (Å²) in [6, 6.07) is 8.09. The molecular weight excluding hydrogens is 238 g/mol. The van der Waals surface area contributed by atoms with Gasteiger partial charge in [-0.15, -0.1) is 0 Å². The molecule has 0 bridgehead atoms. The Hall–Kier alpha value is -2.43. The first-order chi connectivity index (χ1) is 9.22. The molecule has 0 aliphatic carbocycles. The topological polar surface area (TPSA) is 66.5 Å². The van der Waals surface area contributed by atoms with Crippen molar-refractivity contribution in [1.82, 2.24) is 19.9 Å². The van der Waals surface area contributed by atoms with Crippen LogP contribution in [-0.2, 0) is 0 Å². The van der Waals surface area contributed by atoms with Crippen LogP contribution in [0, 0.1) is 6.92 Å². The van der Waals surface area contributed by atoms with Gasteiger partial charge in [-0.2, -0.15) is 0 Å². The molecule has 0 fully saturated rings. The zero-order chi connectivity index (χ0) is 13.2. The van der Waals surface area contributed by atoms with Crippen LogP contribution in [0.1, 0.15) is 24.4 Å². The van der Waals surface area contributed by atoms with Gasteiger partial charge in [-0.3, -0.25) is 0 Å². The first kappa shape index (κ1) is 11.6. The zero-order valence-electron chi connectivity index (χ0n) is 10.9. The minimum Gasteiger partial charge on any atom is -0.360 e. The number of benzene rings is 1. The fourth-order valence-corrected chi connectivity index (χ4v) is 2.01. The van der Waals surface area contributed by atoms with Gasteiger partial charge in [0.25, 0.3) is 0 Å². The van der Waals surface area contributed by atoms with E-state index in [2.05, 4.69) is 44.3 Å². The second kappa shape index (κ2) is 4.68. The third-order valence-corrected chi connectivity index (χ3v) is 3.01. The molecule has 2 heterocycles. The van der Waals surface area contributed by atoms with E-state index in [9.17, 15) is 0 Å². The predicted molar refractivity (Wildman–Crippen MR) is 74.9 cm³/mol. The maximum absolute atomic E-state index is 4.59. The Bertz CT molecular complexity index is 689. The summed E-state index contributed by atoms with van der Waals surface area (Å²) in [4.78, 5) is 16.0. The van der Waals surface area contributed by atoms with Gasteiger partial charge in [0.15, 0.2) is 0 Å². The van der Waals surface area contributed by atoms with Gasteiger partial charge in [-0.25, -0.2) is 15.0 Å². The molecule has 3 rings (SSSR count). The molecule has 96 valence electrons. The molecule has 5 nitrogen and oxygen atoms in total. The molecule has 3 aromatic rings. The Morgan fingerprint density at radius 1 is 1.26 bits per heavy atom. The molecule has 0 aliphatic heterocycles. The van der Waals surface area contributed by atoms with Gasteiger partial charge in [-0.05, 0) is 37.6 Å². The lowest BCUT2D eigenvalue weighted by atomic mass is 10.2. The summed E-state index contributed by atoms with van der Waals surface area (Å²) in [5.74, 6) is 1.69. The van der Waals surface area contributed by atoms with E-state index >= 15 is 0 Å². The minimum atomic E-state index is 0.0580. The smallest absolute Gasteiger partial charge is 0.129 e. The zero-order valence-corrected chi connectivity index (χ0v) is 10.9. The van der Waals surface area contributed by atoms with Crippen LogP contribution < -0.4 is 5.32 Å². The Morgan fingerprint density at radius 3 is 2.95 bits per heavy atom. The third-order valence-electron chi connectivity index (χ3n) is 3.01. The van der Waals surface area contributed by atoms with Crippen LogP contribution in [0.2, 0.25) is 0 Å². The average Bonchev–Trinajstić information content (AvgIpc) is 2.83. The van der Waals surface area contributed by atoms with E-state index in [1.54, 1.807) is 6.20 Å². The monoisotopic (exact) mass is 253 g/mol. The number of nitrogens with one attached hydrogen (secondary N) is 2. The molecule has 1 aromatic carbocycles. The van der Waals surface area contributed by atoms with Crippen LogP contribution in [-0.4, -0.2) is 19.9 Å². The van der Waals surface area contributed by atoms with Gasteiger partial charge in [0.2, 0.25) is 0 Å². The number of nitrogens with zero attached hydrogens (tertiary/aromatic N) is 3. The number of rotatable bonds is 3. The summed E-state index contributed by atoms with van der Waals surface area (Å²) >= 11 is 0. The number of imidazole rings is 1. The number of fused-ring (bicyclic) bond motifs is 1. The fourth-order valence-electron chi connectivity index (χ4n) is 2.01. The van der Waals surface area contributed by atoms with E-state index < -0.39 is 0 Å². The van der Waals surface area contributed by atoms with Gasteiger partial charge in [0.05, 0.1) is 17.1 Å². The second-order valence-corrected chi connectivity index (χ2v) is 4.60. The van der Waals surface area contributed by atoms with Crippen molar-refractivity contribution in [2.45, 2.75) is 19.9 Å². The van der Waals surface area contributed by atoms with Crippen molar-refractivity contribution in [3.63, 3.8) is 0 Å². The van der Waals surface area contributed by atoms with Gasteiger partial charge in [-0.1, -0.05) is 6.07 Å². The van der Waals surface area contributed by atoms with Gasteiger partial charge in [0.1, 0.15) is 18.0 Å². The molecule has 5 heteroatoms. The fraction of sp³-hybridized carbons (Fsp3) is 0.214. The molecule has 0 radical (unpaired) electrons. The SMILES string of the molecule is Cc1ccc2nc([C@H](C)Nc3ccncn3)[nH]c2c1. The predicted octanol–water partition coefficient (Wildman–Crippen LogP) is 2.83. The molecule has 19 heavy (non-hydrogen) atoms. The maximum Gasteiger partial charge on any atom is 0.129 e. The number of aromatic nitrogens is 4. The number of hydrogen-bond acceptors (Lipinski definition) is 4. The van der Waals surface area contributed by atoms with Gasteiger partial charge >= 0.3 is 0 Å². The number of aryl methyl sites for hydroxylation is 1. The van der Waals surface area contributed by atoms with E-state index in [0.29, 0.717) is 0 Å². The molecule has 0 aliphatic rings. The highest BCUT2D eigenvalue weighted by Crippen LogP contribution is 2.19. The van der Waals surface area contributed by atoms with Crippen LogP contribution in [0.4, 0.5) is 5.82 Å². The normalized spacial score (nSPS) is 12.5. The molecule has 0 spiro atoms. The molecule has 2 N–H and O–H groups in total. The van der Waals surface area contributed by atoms with Gasteiger partial charge in [0, 0.05) is 6.20 Å². The standard InChI is InChI=1S/C14H15N5/c1-9-3-4-11-12(7-9)19-14(18-11)10(2)17-13-5-6-15-8-16-13/h3-8,10H,1-2H3,(H,18,19)(H,15,16,17)/t10-/m0/s1. The third kappa shape index (κ3) is 2.40. The summed E-state index contributed by atoms with van der Waals surface area (Å²) in [5.41, 5.74) is 3.27. The van der Waals surface area contributed by atoms with Crippen molar-refractivity contribution < 1.29 is 0 Å². The maximum atomic E-state index is 4.59. The molecule has 0 saturated carbocycles. The van der Waals surface area contributed by atoms with Gasteiger partial charge < -0.3 is 10.3 Å². The van der Waals surface area contributed by atoms with E-state index in [-0.39, 0.29) is 6.04 Å². The van der Waals surface area contributed by atoms with E-state index in [1.165, 1.54) is 11.9 Å². The summed E-state index contributed by atoms with van der Waals surface area (Å²) in [7, 11) is 0. The lowest BCUT2D eigenvalue weighted by Crippen LogP contribution is -2.09. The van der Waals surface area contributed by atoms with E-state index in [4.69, 9.17) is 0 Å². The van der Waals surface area contributed by atoms with Crippen LogP contribution in [0.3, 0.4) is 0 Å². The lowest BCUT2D eigenvalue weighted by Gasteiger charge is -2.11. The summed E-state index contributed by atoms with van der Waals surface area (Å²) in [5, 5.41) is 3.29. The lowest BCUT2D eigenvalue weighted by molar-refractivity contribution is 0.807. The number of H-pyrrole nitrogens is 1. The molecule has 0 amide bonds. The number of anilines is 1. The Morgan fingerprint density at radius 2 is 2.16 bits per heavy atom. The molecule has 0 saturated heterocycles. The highest BCUT2D eigenvalue weighted by atomic mass is 15.1. The number of aromatic amines is 1. The largest absolute Gasteiger partial charge is 0.360 e. The van der Waals surface area contributed by atoms with Crippen LogP contribution >= 0.6 is 0 Å². The highest BCUT2D eigenvalue weighted by molar-refractivity contribution is 5.76. The Labute approximate surface area is 111 Å². The van der Waals surface area contributed by atoms with E-state index in [0.717, 1.165) is 22.7 Å². The first-order valence-corrected chi connectivity index (χ1v) is 6.21. The minimum absolute atomic E-state index is 0.0580. The molecule has 2 aromatic heterocycles. The van der Waals surface area contributed by atoms with Crippen molar-refractivity contribution in [2.75, 3.05) is 5.32 Å². The summed E-state index contributed by atoms with van der Waals surface area (Å²) in [6.45, 7) is 4.12. The quantitative estimate of drug-likeness (QED) is 0.753. The van der Waals surface area contributed by atoms with Crippen LogP contribution in [0.25, 0.3) is 11.0 Å². The van der Waals surface area contributed by atoms with Crippen molar-refractivity contribution >= 4 is 16.9 Å². The van der Waals surface area contributed by atoms with Crippen LogP contribution in [0.15, 0.2) is 36.8 Å².